The van der Waals surface area contributed by atoms with Crippen LogP contribution in [0.3, 0.4) is 0 Å². The van der Waals surface area contributed by atoms with Crippen LogP contribution in [-0.2, 0) is 11.2 Å². The highest BCUT2D eigenvalue weighted by Gasteiger charge is 2.12. The zero-order valence-corrected chi connectivity index (χ0v) is 14.5. The summed E-state index contributed by atoms with van der Waals surface area (Å²) in [5, 5.41) is 7.02. The van der Waals surface area contributed by atoms with Gasteiger partial charge in [0.2, 0.25) is 5.91 Å². The van der Waals surface area contributed by atoms with E-state index in [-0.39, 0.29) is 11.8 Å². The monoisotopic (exact) mass is 355 g/mol. The number of benzene rings is 2. The topological polar surface area (TPSA) is 74.0 Å². The van der Waals surface area contributed by atoms with Crippen molar-refractivity contribution in [1.29, 1.82) is 0 Å². The van der Waals surface area contributed by atoms with Gasteiger partial charge in [0.25, 0.3) is 5.91 Å². The summed E-state index contributed by atoms with van der Waals surface area (Å²) in [6.07, 6.45) is 2.67. The summed E-state index contributed by atoms with van der Waals surface area (Å²) in [5.74, 6) is -0.468. The number of hydrogen-bond acceptors (Lipinski definition) is 2. The summed E-state index contributed by atoms with van der Waals surface area (Å²) in [6.45, 7) is 1.90. The lowest BCUT2D eigenvalue weighted by Crippen LogP contribution is -2.26. The van der Waals surface area contributed by atoms with Crippen LogP contribution in [0.5, 0.6) is 0 Å². The van der Waals surface area contributed by atoms with Gasteiger partial charge in [-0.3, -0.25) is 9.59 Å². The Kier molecular flexibility index (Phi) is 5.05. The fraction of sp³-hybridized carbons (Fsp3) is 0.158. The summed E-state index contributed by atoms with van der Waals surface area (Å²) >= 11 is 6.11. The van der Waals surface area contributed by atoms with Crippen LogP contribution >= 0.6 is 11.6 Å². The van der Waals surface area contributed by atoms with Gasteiger partial charge in [0.05, 0.1) is 10.6 Å². The molecule has 0 aliphatic rings. The van der Waals surface area contributed by atoms with Gasteiger partial charge in [0, 0.05) is 36.3 Å². The molecule has 0 fully saturated rings. The molecule has 0 aliphatic heterocycles. The van der Waals surface area contributed by atoms with E-state index in [9.17, 15) is 9.59 Å². The second-order valence-electron chi connectivity index (χ2n) is 5.74. The third-order valence-electron chi connectivity index (χ3n) is 3.89. The van der Waals surface area contributed by atoms with Crippen LogP contribution in [0.2, 0.25) is 5.02 Å². The average Bonchev–Trinajstić information content (AvgIpc) is 2.99. The molecule has 128 valence electrons. The molecule has 0 radical (unpaired) electrons. The molecule has 3 N–H and O–H groups in total. The molecule has 6 heteroatoms. The zero-order valence-electron chi connectivity index (χ0n) is 13.7. The fourth-order valence-electron chi connectivity index (χ4n) is 2.72. The number of aromatic amines is 1. The van der Waals surface area contributed by atoms with Crippen molar-refractivity contribution in [3.63, 3.8) is 0 Å². The van der Waals surface area contributed by atoms with Crippen molar-refractivity contribution >= 4 is 40.0 Å². The number of amides is 2. The number of aromatic nitrogens is 1. The van der Waals surface area contributed by atoms with E-state index < -0.39 is 0 Å². The fourth-order valence-corrected chi connectivity index (χ4v) is 2.93. The van der Waals surface area contributed by atoms with Crippen LogP contribution in [0.1, 0.15) is 22.8 Å². The molecule has 2 aromatic carbocycles. The lowest BCUT2D eigenvalue weighted by atomic mass is 10.1. The quantitative estimate of drug-likeness (QED) is 0.652. The van der Waals surface area contributed by atoms with Crippen molar-refractivity contribution in [2.45, 2.75) is 13.3 Å². The maximum absolute atomic E-state index is 12.4. The smallest absolute Gasteiger partial charge is 0.252 e. The first-order chi connectivity index (χ1) is 12.0. The minimum Gasteiger partial charge on any atom is -0.361 e. The zero-order chi connectivity index (χ0) is 17.8. The predicted molar refractivity (Wildman–Crippen MR) is 100 cm³/mol. The van der Waals surface area contributed by atoms with Gasteiger partial charge in [-0.1, -0.05) is 29.8 Å². The average molecular weight is 356 g/mol. The molecular formula is C19H18ClN3O2. The lowest BCUT2D eigenvalue weighted by Gasteiger charge is -2.09. The molecule has 1 aromatic heterocycles. The molecular weight excluding hydrogens is 338 g/mol. The summed E-state index contributed by atoms with van der Waals surface area (Å²) < 4.78 is 0. The maximum Gasteiger partial charge on any atom is 0.252 e. The van der Waals surface area contributed by atoms with Gasteiger partial charge in [0.15, 0.2) is 0 Å². The molecule has 0 bridgehead atoms. The highest BCUT2D eigenvalue weighted by molar-refractivity contribution is 6.34. The second-order valence-corrected chi connectivity index (χ2v) is 6.15. The number of nitrogens with one attached hydrogen (secondary N) is 3. The van der Waals surface area contributed by atoms with Crippen LogP contribution in [0.4, 0.5) is 5.69 Å². The summed E-state index contributed by atoms with van der Waals surface area (Å²) in [5.41, 5.74) is 3.11. The summed E-state index contributed by atoms with van der Waals surface area (Å²) in [6, 6.07) is 12.9. The largest absolute Gasteiger partial charge is 0.361 e. The Morgan fingerprint density at radius 2 is 1.96 bits per heavy atom. The molecule has 0 saturated heterocycles. The van der Waals surface area contributed by atoms with Crippen LogP contribution in [0.15, 0.2) is 48.7 Å². The second kappa shape index (κ2) is 7.40. The van der Waals surface area contributed by atoms with E-state index in [4.69, 9.17) is 11.6 Å². The van der Waals surface area contributed by atoms with E-state index in [0.29, 0.717) is 29.2 Å². The Bertz CT molecular complexity index is 933. The third-order valence-corrected chi connectivity index (χ3v) is 4.22. The van der Waals surface area contributed by atoms with Gasteiger partial charge in [-0.25, -0.2) is 0 Å². The molecule has 5 nitrogen and oxygen atoms in total. The van der Waals surface area contributed by atoms with Gasteiger partial charge in [-0.05, 0) is 36.2 Å². The molecule has 3 rings (SSSR count). The Labute approximate surface area is 150 Å². The number of rotatable bonds is 5. The predicted octanol–water partition coefficient (Wildman–Crippen LogP) is 3.75. The number of H-pyrrole nitrogens is 1. The standard InChI is InChI=1S/C19H18ClN3O2/c1-12(24)23-14-6-7-17(20)16(10-14)19(25)21-9-8-13-11-22-18-5-3-2-4-15(13)18/h2-7,10-11,22H,8-9H2,1H3,(H,21,25)(H,23,24). The molecule has 0 saturated carbocycles. The van der Waals surface area contributed by atoms with Crippen molar-refractivity contribution in [3.8, 4) is 0 Å². The molecule has 3 aromatic rings. The first-order valence-electron chi connectivity index (χ1n) is 7.95. The van der Waals surface area contributed by atoms with E-state index in [2.05, 4.69) is 21.7 Å². The van der Waals surface area contributed by atoms with E-state index in [1.165, 1.54) is 6.92 Å². The number of carbonyl (C=O) groups excluding carboxylic acids is 2. The number of carbonyl (C=O) groups is 2. The lowest BCUT2D eigenvalue weighted by molar-refractivity contribution is -0.114. The molecule has 0 unspecified atom stereocenters. The van der Waals surface area contributed by atoms with Crippen LogP contribution < -0.4 is 10.6 Å². The number of fused-ring (bicyclic) bond motifs is 1. The highest BCUT2D eigenvalue weighted by Crippen LogP contribution is 2.21. The molecule has 25 heavy (non-hydrogen) atoms. The van der Waals surface area contributed by atoms with Gasteiger partial charge >= 0.3 is 0 Å². The van der Waals surface area contributed by atoms with Gasteiger partial charge < -0.3 is 15.6 Å². The summed E-state index contributed by atoms with van der Waals surface area (Å²) in [4.78, 5) is 26.7. The minimum atomic E-state index is -0.267. The number of anilines is 1. The van der Waals surface area contributed by atoms with Gasteiger partial charge in [-0.15, -0.1) is 0 Å². The van der Waals surface area contributed by atoms with E-state index in [0.717, 1.165) is 16.5 Å². The molecule has 0 spiro atoms. The van der Waals surface area contributed by atoms with Gasteiger partial charge in [-0.2, -0.15) is 0 Å². The number of halogens is 1. The highest BCUT2D eigenvalue weighted by atomic mass is 35.5. The van der Waals surface area contributed by atoms with Crippen molar-refractivity contribution in [2.24, 2.45) is 0 Å². The number of hydrogen-bond donors (Lipinski definition) is 3. The number of para-hydroxylation sites is 1. The maximum atomic E-state index is 12.4. The van der Waals surface area contributed by atoms with E-state index in [1.54, 1.807) is 18.2 Å². The normalized spacial score (nSPS) is 10.6. The van der Waals surface area contributed by atoms with Crippen LogP contribution in [-0.4, -0.2) is 23.3 Å². The molecule has 2 amide bonds. The Balaban J connectivity index is 1.65. The van der Waals surface area contributed by atoms with Crippen LogP contribution in [0.25, 0.3) is 10.9 Å². The SMILES string of the molecule is CC(=O)Nc1ccc(Cl)c(C(=O)NCCc2c[nH]c3ccccc23)c1. The molecule has 0 aliphatic carbocycles. The Morgan fingerprint density at radius 1 is 1.16 bits per heavy atom. The van der Waals surface area contributed by atoms with E-state index >= 15 is 0 Å². The van der Waals surface area contributed by atoms with E-state index in [1.807, 2.05) is 24.4 Å². The molecule has 0 atom stereocenters. The van der Waals surface area contributed by atoms with Crippen molar-refractivity contribution in [3.05, 3.63) is 64.8 Å². The first-order valence-corrected chi connectivity index (χ1v) is 8.33. The van der Waals surface area contributed by atoms with Gasteiger partial charge in [0.1, 0.15) is 0 Å². The Hall–Kier alpha value is -2.79. The summed E-state index contributed by atoms with van der Waals surface area (Å²) in [7, 11) is 0. The van der Waals surface area contributed by atoms with Crippen molar-refractivity contribution in [2.75, 3.05) is 11.9 Å². The van der Waals surface area contributed by atoms with Crippen molar-refractivity contribution < 1.29 is 9.59 Å². The Morgan fingerprint density at radius 3 is 2.76 bits per heavy atom. The first kappa shape index (κ1) is 17.0. The molecule has 1 heterocycles. The minimum absolute atomic E-state index is 0.201. The van der Waals surface area contributed by atoms with Crippen molar-refractivity contribution in [1.82, 2.24) is 10.3 Å². The third kappa shape index (κ3) is 4.00. The van der Waals surface area contributed by atoms with Crippen LogP contribution in [0, 0.1) is 0 Å².